The Morgan fingerprint density at radius 3 is 2.58 bits per heavy atom. The Morgan fingerprint density at radius 1 is 1.00 bits per heavy atom. The number of aryl methyl sites for hydroxylation is 3. The highest BCUT2D eigenvalue weighted by molar-refractivity contribution is 7.19. The molecule has 0 fully saturated rings. The molecule has 24 heavy (non-hydrogen) atoms. The molecule has 0 aliphatic heterocycles. The minimum atomic E-state index is 0.385. The van der Waals surface area contributed by atoms with Crippen molar-refractivity contribution in [3.05, 3.63) is 64.5 Å². The maximum atomic E-state index is 10.1. The molecule has 0 saturated carbocycles. The summed E-state index contributed by atoms with van der Waals surface area (Å²) in [6.07, 6.45) is 0.829. The van der Waals surface area contributed by atoms with Crippen LogP contribution in [-0.4, -0.2) is 5.11 Å². The van der Waals surface area contributed by atoms with Crippen molar-refractivity contribution in [2.45, 2.75) is 27.2 Å². The summed E-state index contributed by atoms with van der Waals surface area (Å²) in [6.45, 7) is 6.49. The van der Waals surface area contributed by atoms with E-state index in [0.29, 0.717) is 5.75 Å². The first-order chi connectivity index (χ1) is 11.6. The fraction of sp³-hybridized carbons (Fsp3) is 0.182. The lowest BCUT2D eigenvalue weighted by Crippen LogP contribution is -1.88. The van der Waals surface area contributed by atoms with Crippen LogP contribution in [0.5, 0.6) is 5.75 Å². The number of hydrogen-bond donors (Lipinski definition) is 1. The van der Waals surface area contributed by atoms with Gasteiger partial charge in [-0.15, -0.1) is 11.3 Å². The fourth-order valence-electron chi connectivity index (χ4n) is 3.52. The van der Waals surface area contributed by atoms with Crippen LogP contribution in [0, 0.1) is 13.8 Å². The zero-order chi connectivity index (χ0) is 16.8. The number of aromatic hydroxyl groups is 1. The minimum Gasteiger partial charge on any atom is -0.508 e. The first-order valence-corrected chi connectivity index (χ1v) is 9.15. The van der Waals surface area contributed by atoms with E-state index in [1.165, 1.54) is 42.4 Å². The average molecular weight is 332 g/mol. The monoisotopic (exact) mass is 332 g/mol. The lowest BCUT2D eigenvalue weighted by molar-refractivity contribution is 0.469. The molecule has 0 aliphatic carbocycles. The summed E-state index contributed by atoms with van der Waals surface area (Å²) < 4.78 is 1.34. The van der Waals surface area contributed by atoms with Gasteiger partial charge in [-0.1, -0.05) is 37.3 Å². The molecule has 0 radical (unpaired) electrons. The third-order valence-corrected chi connectivity index (χ3v) is 6.08. The zero-order valence-corrected chi connectivity index (χ0v) is 15.0. The average Bonchev–Trinajstić information content (AvgIpc) is 2.87. The van der Waals surface area contributed by atoms with E-state index in [2.05, 4.69) is 57.2 Å². The van der Waals surface area contributed by atoms with E-state index < -0.39 is 0 Å². The predicted molar refractivity (Wildman–Crippen MR) is 105 cm³/mol. The van der Waals surface area contributed by atoms with Crippen LogP contribution in [0.2, 0.25) is 0 Å². The van der Waals surface area contributed by atoms with Crippen molar-refractivity contribution in [3.63, 3.8) is 0 Å². The highest BCUT2D eigenvalue weighted by Gasteiger charge is 2.16. The molecule has 3 aromatic carbocycles. The maximum absolute atomic E-state index is 10.1. The van der Waals surface area contributed by atoms with Gasteiger partial charge in [0.25, 0.3) is 0 Å². The lowest BCUT2D eigenvalue weighted by atomic mass is 9.92. The smallest absolute Gasteiger partial charge is 0.118 e. The molecule has 0 amide bonds. The van der Waals surface area contributed by atoms with Gasteiger partial charge in [0.2, 0.25) is 0 Å². The molecule has 1 aromatic heterocycles. The van der Waals surface area contributed by atoms with Crippen LogP contribution in [0.25, 0.3) is 32.0 Å². The van der Waals surface area contributed by atoms with Crippen molar-refractivity contribution in [1.29, 1.82) is 0 Å². The molecular formula is C22H20OS. The molecule has 120 valence electrons. The van der Waals surface area contributed by atoms with Crippen LogP contribution in [0.4, 0.5) is 0 Å². The van der Waals surface area contributed by atoms with Crippen LogP contribution in [-0.2, 0) is 6.42 Å². The predicted octanol–water partition coefficient (Wildman–Crippen LogP) is 6.61. The van der Waals surface area contributed by atoms with Gasteiger partial charge in [-0.05, 0) is 71.5 Å². The van der Waals surface area contributed by atoms with Crippen LogP contribution in [0.15, 0.2) is 48.5 Å². The summed E-state index contributed by atoms with van der Waals surface area (Å²) >= 11 is 1.87. The van der Waals surface area contributed by atoms with Crippen LogP contribution < -0.4 is 0 Å². The van der Waals surface area contributed by atoms with Crippen molar-refractivity contribution in [2.24, 2.45) is 0 Å². The summed E-state index contributed by atoms with van der Waals surface area (Å²) in [5.74, 6) is 0.385. The van der Waals surface area contributed by atoms with Gasteiger partial charge in [0.1, 0.15) is 5.75 Å². The molecule has 1 heterocycles. The van der Waals surface area contributed by atoms with E-state index in [9.17, 15) is 5.11 Å². The lowest BCUT2D eigenvalue weighted by Gasteiger charge is -2.12. The second-order valence-electron chi connectivity index (χ2n) is 6.33. The van der Waals surface area contributed by atoms with E-state index in [0.717, 1.165) is 12.0 Å². The van der Waals surface area contributed by atoms with Gasteiger partial charge in [0.15, 0.2) is 0 Å². The largest absolute Gasteiger partial charge is 0.508 e. The Balaban J connectivity index is 2.18. The Labute approximate surface area is 146 Å². The molecule has 0 saturated heterocycles. The van der Waals surface area contributed by atoms with E-state index in [-0.39, 0.29) is 0 Å². The molecule has 0 bridgehead atoms. The maximum Gasteiger partial charge on any atom is 0.118 e. The Kier molecular flexibility index (Phi) is 3.58. The number of hydrogen-bond acceptors (Lipinski definition) is 2. The third kappa shape index (κ3) is 2.22. The molecule has 4 rings (SSSR count). The van der Waals surface area contributed by atoms with Gasteiger partial charge in [-0.2, -0.15) is 0 Å². The highest BCUT2D eigenvalue weighted by atomic mass is 32.1. The summed E-state index contributed by atoms with van der Waals surface area (Å²) in [4.78, 5) is 1.37. The quantitative estimate of drug-likeness (QED) is 0.438. The number of phenols is 1. The first kappa shape index (κ1) is 15.2. The summed E-state index contributed by atoms with van der Waals surface area (Å²) in [7, 11) is 0. The second-order valence-corrected chi connectivity index (χ2v) is 7.58. The fourth-order valence-corrected chi connectivity index (χ4v) is 4.64. The normalized spacial score (nSPS) is 11.5. The molecule has 2 heteroatoms. The minimum absolute atomic E-state index is 0.385. The van der Waals surface area contributed by atoms with Gasteiger partial charge < -0.3 is 5.11 Å². The molecular weight excluding hydrogens is 312 g/mol. The Hall–Kier alpha value is -2.32. The number of fused-ring (bicyclic) bond motifs is 2. The molecule has 0 aliphatic rings. The van der Waals surface area contributed by atoms with E-state index in [4.69, 9.17) is 0 Å². The number of phenolic OH excluding ortho intramolecular Hbond substituents is 1. The summed E-state index contributed by atoms with van der Waals surface area (Å²) in [5, 5.41) is 14.0. The SMILES string of the molecule is CCc1cc(-c2c3ccccc3cc3sc(C)c(C)c23)ccc1O. The van der Waals surface area contributed by atoms with Gasteiger partial charge in [0, 0.05) is 15.0 Å². The highest BCUT2D eigenvalue weighted by Crippen LogP contribution is 2.43. The van der Waals surface area contributed by atoms with Crippen molar-refractivity contribution in [2.75, 3.05) is 0 Å². The standard InChI is InChI=1S/C22H20OS/c1-4-15-11-17(9-10-19(15)23)22-18-8-6-5-7-16(18)12-20-21(22)13(2)14(3)24-20/h5-12,23H,4H2,1-3H3. The first-order valence-electron chi connectivity index (χ1n) is 8.34. The van der Waals surface area contributed by atoms with E-state index >= 15 is 0 Å². The third-order valence-electron chi connectivity index (χ3n) is 4.93. The molecule has 0 unspecified atom stereocenters. The van der Waals surface area contributed by atoms with Gasteiger partial charge >= 0.3 is 0 Å². The van der Waals surface area contributed by atoms with E-state index in [1.807, 2.05) is 23.5 Å². The van der Waals surface area contributed by atoms with Crippen LogP contribution in [0.1, 0.15) is 22.9 Å². The topological polar surface area (TPSA) is 20.2 Å². The van der Waals surface area contributed by atoms with Crippen LogP contribution >= 0.6 is 11.3 Å². The number of benzene rings is 3. The molecule has 1 nitrogen and oxygen atoms in total. The van der Waals surface area contributed by atoms with Crippen molar-refractivity contribution in [3.8, 4) is 16.9 Å². The van der Waals surface area contributed by atoms with Crippen molar-refractivity contribution in [1.82, 2.24) is 0 Å². The zero-order valence-electron chi connectivity index (χ0n) is 14.2. The Bertz CT molecular complexity index is 1070. The van der Waals surface area contributed by atoms with Gasteiger partial charge in [0.05, 0.1) is 0 Å². The van der Waals surface area contributed by atoms with Crippen LogP contribution in [0.3, 0.4) is 0 Å². The van der Waals surface area contributed by atoms with Crippen molar-refractivity contribution >= 4 is 32.2 Å². The molecule has 4 aromatic rings. The molecule has 1 N–H and O–H groups in total. The summed E-state index contributed by atoms with van der Waals surface area (Å²) in [6, 6.07) is 16.9. The second kappa shape index (κ2) is 5.64. The van der Waals surface area contributed by atoms with E-state index in [1.54, 1.807) is 0 Å². The van der Waals surface area contributed by atoms with Crippen molar-refractivity contribution < 1.29 is 5.11 Å². The molecule has 0 atom stereocenters. The molecule has 0 spiro atoms. The van der Waals surface area contributed by atoms with Gasteiger partial charge in [-0.3, -0.25) is 0 Å². The van der Waals surface area contributed by atoms with Gasteiger partial charge in [-0.25, -0.2) is 0 Å². The Morgan fingerprint density at radius 2 is 1.79 bits per heavy atom. The number of thiophene rings is 1. The summed E-state index contributed by atoms with van der Waals surface area (Å²) in [5.41, 5.74) is 4.84. The number of rotatable bonds is 2.